The largest absolute Gasteiger partial charge is 0.496 e. The van der Waals surface area contributed by atoms with Crippen LogP contribution in [0, 0.1) is 0 Å². The van der Waals surface area contributed by atoms with E-state index in [1.54, 1.807) is 18.3 Å². The summed E-state index contributed by atoms with van der Waals surface area (Å²) in [7, 11) is 1.62. The number of methoxy groups -OCH3 is 1. The molecule has 3 aromatic rings. The zero-order valence-corrected chi connectivity index (χ0v) is 16.4. The van der Waals surface area contributed by atoms with Crippen LogP contribution in [0.15, 0.2) is 57.7 Å². The molecular weight excluding hydrogens is 356 g/mol. The SMILES string of the molecule is CCCCCC(=O)N(Cc1cc(-c2ccccc2OC)on1)Cc1ccco1. The highest BCUT2D eigenvalue weighted by atomic mass is 16.5. The van der Waals surface area contributed by atoms with Crippen LogP contribution in [0.1, 0.15) is 44.1 Å². The molecule has 0 aliphatic heterocycles. The molecule has 0 fully saturated rings. The Balaban J connectivity index is 1.75. The standard InChI is InChI=1S/C22H26N2O4/c1-3-4-5-12-22(25)24(16-18-9-8-13-27-18)15-17-14-21(28-23-17)19-10-6-7-11-20(19)26-2/h6-11,13-14H,3-5,12,15-16H2,1-2H3. The van der Waals surface area contributed by atoms with Crippen LogP contribution in [0.2, 0.25) is 0 Å². The third-order valence-electron chi connectivity index (χ3n) is 4.56. The topological polar surface area (TPSA) is 68.7 Å². The monoisotopic (exact) mass is 382 g/mol. The van der Waals surface area contributed by atoms with Gasteiger partial charge in [-0.3, -0.25) is 4.79 Å². The quantitative estimate of drug-likeness (QED) is 0.459. The number of aromatic nitrogens is 1. The molecule has 2 aromatic heterocycles. The van der Waals surface area contributed by atoms with E-state index in [-0.39, 0.29) is 5.91 Å². The van der Waals surface area contributed by atoms with Crippen molar-refractivity contribution in [2.45, 2.75) is 45.7 Å². The highest BCUT2D eigenvalue weighted by Gasteiger charge is 2.19. The van der Waals surface area contributed by atoms with Gasteiger partial charge in [0.15, 0.2) is 5.76 Å². The molecule has 6 heteroatoms. The van der Waals surface area contributed by atoms with E-state index in [2.05, 4.69) is 12.1 Å². The summed E-state index contributed by atoms with van der Waals surface area (Å²) >= 11 is 0. The Kier molecular flexibility index (Phi) is 6.89. The van der Waals surface area contributed by atoms with E-state index in [1.807, 2.05) is 42.5 Å². The van der Waals surface area contributed by atoms with E-state index in [1.165, 1.54) is 0 Å². The molecule has 2 heterocycles. The van der Waals surface area contributed by atoms with Gasteiger partial charge >= 0.3 is 0 Å². The first-order chi connectivity index (χ1) is 13.7. The molecule has 6 nitrogen and oxygen atoms in total. The molecule has 0 radical (unpaired) electrons. The number of ether oxygens (including phenoxy) is 1. The van der Waals surface area contributed by atoms with Gasteiger partial charge in [-0.25, -0.2) is 0 Å². The summed E-state index contributed by atoms with van der Waals surface area (Å²) in [4.78, 5) is 14.5. The third-order valence-corrected chi connectivity index (χ3v) is 4.56. The Labute approximate surface area is 165 Å². The number of carbonyl (C=O) groups excluding carboxylic acids is 1. The smallest absolute Gasteiger partial charge is 0.223 e. The number of hydrogen-bond donors (Lipinski definition) is 0. The molecule has 0 saturated heterocycles. The number of carbonyl (C=O) groups is 1. The number of amides is 1. The van der Waals surface area contributed by atoms with Gasteiger partial charge in [0.1, 0.15) is 17.2 Å². The van der Waals surface area contributed by atoms with Crippen molar-refractivity contribution in [3.05, 3.63) is 60.2 Å². The van der Waals surface area contributed by atoms with Gasteiger partial charge in [0.05, 0.1) is 32.0 Å². The minimum atomic E-state index is 0.0895. The van der Waals surface area contributed by atoms with Crippen molar-refractivity contribution in [1.29, 1.82) is 0 Å². The number of hydrogen-bond acceptors (Lipinski definition) is 5. The first-order valence-corrected chi connectivity index (χ1v) is 9.60. The first kappa shape index (κ1) is 19.7. The second-order valence-electron chi connectivity index (χ2n) is 6.67. The molecule has 0 bridgehead atoms. The van der Waals surface area contributed by atoms with E-state index < -0.39 is 0 Å². The molecule has 148 valence electrons. The third kappa shape index (κ3) is 5.03. The summed E-state index contributed by atoms with van der Waals surface area (Å²) in [5.74, 6) is 2.17. The number of benzene rings is 1. The molecule has 0 atom stereocenters. The van der Waals surface area contributed by atoms with Gasteiger partial charge in [-0.05, 0) is 30.7 Å². The second kappa shape index (κ2) is 9.78. The molecule has 0 aliphatic rings. The van der Waals surface area contributed by atoms with Crippen molar-refractivity contribution in [1.82, 2.24) is 10.1 Å². The van der Waals surface area contributed by atoms with E-state index in [4.69, 9.17) is 13.7 Å². The average molecular weight is 382 g/mol. The summed E-state index contributed by atoms with van der Waals surface area (Å²) < 4.78 is 16.3. The van der Waals surface area contributed by atoms with E-state index in [0.717, 1.165) is 30.6 Å². The van der Waals surface area contributed by atoms with Crippen molar-refractivity contribution in [2.24, 2.45) is 0 Å². The van der Waals surface area contributed by atoms with Crippen LogP contribution >= 0.6 is 0 Å². The predicted octanol–water partition coefficient (Wildman–Crippen LogP) is 5.05. The van der Waals surface area contributed by atoms with E-state index >= 15 is 0 Å². The zero-order valence-electron chi connectivity index (χ0n) is 16.4. The lowest BCUT2D eigenvalue weighted by molar-refractivity contribution is -0.132. The van der Waals surface area contributed by atoms with Gasteiger partial charge in [-0.1, -0.05) is 37.1 Å². The molecular formula is C22H26N2O4. The van der Waals surface area contributed by atoms with Gasteiger partial charge in [0.2, 0.25) is 5.91 Å². The molecule has 0 spiro atoms. The van der Waals surface area contributed by atoms with Gasteiger partial charge in [0.25, 0.3) is 0 Å². The lowest BCUT2D eigenvalue weighted by atomic mass is 10.1. The Bertz CT molecular complexity index is 870. The fourth-order valence-electron chi connectivity index (χ4n) is 3.06. The van der Waals surface area contributed by atoms with Crippen LogP contribution in [0.4, 0.5) is 0 Å². The Morgan fingerprint density at radius 2 is 2.00 bits per heavy atom. The minimum absolute atomic E-state index is 0.0895. The van der Waals surface area contributed by atoms with Crippen molar-refractivity contribution in [3.8, 4) is 17.1 Å². The zero-order chi connectivity index (χ0) is 19.8. The van der Waals surface area contributed by atoms with Gasteiger partial charge in [0, 0.05) is 12.5 Å². The Morgan fingerprint density at radius 1 is 1.14 bits per heavy atom. The fourth-order valence-corrected chi connectivity index (χ4v) is 3.06. The molecule has 0 aliphatic carbocycles. The molecule has 1 aromatic carbocycles. The molecule has 28 heavy (non-hydrogen) atoms. The van der Waals surface area contributed by atoms with Gasteiger partial charge in [-0.15, -0.1) is 0 Å². The summed E-state index contributed by atoms with van der Waals surface area (Å²) in [5.41, 5.74) is 1.52. The van der Waals surface area contributed by atoms with Crippen LogP contribution in [0.5, 0.6) is 5.75 Å². The van der Waals surface area contributed by atoms with Crippen LogP contribution in [-0.4, -0.2) is 23.1 Å². The molecule has 3 rings (SSSR count). The summed E-state index contributed by atoms with van der Waals surface area (Å²) in [5, 5.41) is 4.16. The highest BCUT2D eigenvalue weighted by molar-refractivity contribution is 5.76. The maximum absolute atomic E-state index is 12.7. The number of furan rings is 1. The van der Waals surface area contributed by atoms with Crippen molar-refractivity contribution >= 4 is 5.91 Å². The van der Waals surface area contributed by atoms with Crippen molar-refractivity contribution in [2.75, 3.05) is 7.11 Å². The average Bonchev–Trinajstić information content (AvgIpc) is 3.39. The molecule has 0 N–H and O–H groups in total. The minimum Gasteiger partial charge on any atom is -0.496 e. The number of nitrogens with zero attached hydrogens (tertiary/aromatic N) is 2. The molecule has 0 unspecified atom stereocenters. The van der Waals surface area contributed by atoms with Gasteiger partial charge in [-0.2, -0.15) is 0 Å². The first-order valence-electron chi connectivity index (χ1n) is 9.60. The van der Waals surface area contributed by atoms with E-state index in [9.17, 15) is 4.79 Å². The van der Waals surface area contributed by atoms with Crippen LogP contribution in [0.3, 0.4) is 0 Å². The maximum atomic E-state index is 12.7. The maximum Gasteiger partial charge on any atom is 0.223 e. The normalized spacial score (nSPS) is 10.8. The van der Waals surface area contributed by atoms with E-state index in [0.29, 0.717) is 36.7 Å². The van der Waals surface area contributed by atoms with Crippen LogP contribution in [0.25, 0.3) is 11.3 Å². The molecule has 0 saturated carbocycles. The lowest BCUT2D eigenvalue weighted by Gasteiger charge is -2.20. The highest BCUT2D eigenvalue weighted by Crippen LogP contribution is 2.30. The fraction of sp³-hybridized carbons (Fsp3) is 0.364. The van der Waals surface area contributed by atoms with Crippen molar-refractivity contribution in [3.63, 3.8) is 0 Å². The second-order valence-corrected chi connectivity index (χ2v) is 6.67. The van der Waals surface area contributed by atoms with Crippen LogP contribution in [-0.2, 0) is 17.9 Å². The summed E-state index contributed by atoms with van der Waals surface area (Å²) in [6.45, 7) is 2.90. The Morgan fingerprint density at radius 3 is 2.75 bits per heavy atom. The Hall–Kier alpha value is -3.02. The molecule has 1 amide bonds. The van der Waals surface area contributed by atoms with Crippen LogP contribution < -0.4 is 4.74 Å². The van der Waals surface area contributed by atoms with Crippen molar-refractivity contribution < 1.29 is 18.5 Å². The lowest BCUT2D eigenvalue weighted by Crippen LogP contribution is -2.29. The summed E-state index contributed by atoms with van der Waals surface area (Å²) in [6, 6.07) is 13.2. The van der Waals surface area contributed by atoms with Gasteiger partial charge < -0.3 is 18.6 Å². The number of rotatable bonds is 10. The number of unbranched alkanes of at least 4 members (excludes halogenated alkanes) is 2. The summed E-state index contributed by atoms with van der Waals surface area (Å²) in [6.07, 6.45) is 5.14. The predicted molar refractivity (Wildman–Crippen MR) is 106 cm³/mol. The number of para-hydroxylation sites is 1.